The second-order valence-corrected chi connectivity index (χ2v) is 10.2. The summed E-state index contributed by atoms with van der Waals surface area (Å²) in [6, 6.07) is 13.8. The summed E-state index contributed by atoms with van der Waals surface area (Å²) in [5.41, 5.74) is 3.93. The number of thioether (sulfide) groups is 1. The molecule has 38 heavy (non-hydrogen) atoms. The zero-order valence-corrected chi connectivity index (χ0v) is 23.4. The molecule has 2 aliphatic rings. The number of ether oxygens (including phenoxy) is 4. The van der Waals surface area contributed by atoms with Crippen LogP contribution in [0.15, 0.2) is 63.6 Å². The van der Waals surface area contributed by atoms with Gasteiger partial charge >= 0.3 is 5.97 Å². The smallest absolute Gasteiger partial charge is 0.315 e. The van der Waals surface area contributed by atoms with Crippen LogP contribution >= 0.6 is 11.8 Å². The number of carbonyl (C=O) groups is 2. The lowest BCUT2D eigenvalue weighted by molar-refractivity contribution is -0.148. The molecule has 8 heteroatoms. The van der Waals surface area contributed by atoms with Crippen LogP contribution in [0.1, 0.15) is 49.7 Å². The van der Waals surface area contributed by atoms with Gasteiger partial charge in [-0.1, -0.05) is 18.2 Å². The Balaban J connectivity index is 1.71. The number of esters is 1. The number of hydrogen-bond donors (Lipinski definition) is 0. The highest BCUT2D eigenvalue weighted by molar-refractivity contribution is 7.98. The minimum atomic E-state index is -0.669. The molecule has 1 unspecified atom stereocenters. The fraction of sp³-hybridized carbons (Fsp3) is 0.433. The van der Waals surface area contributed by atoms with E-state index < -0.39 is 11.8 Å². The molecule has 0 N–H and O–H groups in total. The Bertz CT molecular complexity index is 1240. The van der Waals surface area contributed by atoms with Crippen LogP contribution in [0.25, 0.3) is 0 Å². The Morgan fingerprint density at radius 2 is 1.71 bits per heavy atom. The highest BCUT2D eigenvalue weighted by Crippen LogP contribution is 2.47. The topological polar surface area (TPSA) is 83.4 Å². The van der Waals surface area contributed by atoms with E-state index >= 15 is 0 Å². The molecule has 0 fully saturated rings. The van der Waals surface area contributed by atoms with Gasteiger partial charge in [0.15, 0.2) is 17.3 Å². The molecular weight excluding hydrogens is 502 g/mol. The van der Waals surface area contributed by atoms with Crippen LogP contribution in [-0.4, -0.2) is 57.8 Å². The molecule has 3 atom stereocenters. The summed E-state index contributed by atoms with van der Waals surface area (Å²) in [5, 5.41) is 0. The molecule has 0 aromatic heterocycles. The summed E-state index contributed by atoms with van der Waals surface area (Å²) in [7, 11) is 3.20. The van der Waals surface area contributed by atoms with Crippen LogP contribution in [-0.2, 0) is 19.1 Å². The SMILES string of the molecule is CCOCCOC(=O)C1C(C)=NC2=C(C(=O)C[C@H](c3ccc(OC)c(OC)c3)C2)[C@@H]1c1ccc(SC)cc1. The van der Waals surface area contributed by atoms with Gasteiger partial charge in [0.05, 0.1) is 20.8 Å². The first-order valence-electron chi connectivity index (χ1n) is 12.8. The van der Waals surface area contributed by atoms with Gasteiger partial charge in [-0.15, -0.1) is 11.8 Å². The molecule has 1 heterocycles. The molecule has 2 aromatic rings. The largest absolute Gasteiger partial charge is 0.493 e. The van der Waals surface area contributed by atoms with Crippen molar-refractivity contribution < 1.29 is 28.5 Å². The Kier molecular flexibility index (Phi) is 9.28. The van der Waals surface area contributed by atoms with Crippen molar-refractivity contribution in [2.45, 2.75) is 43.4 Å². The van der Waals surface area contributed by atoms with Gasteiger partial charge in [0.2, 0.25) is 0 Å². The fourth-order valence-corrected chi connectivity index (χ4v) is 5.72. The predicted molar refractivity (Wildman–Crippen MR) is 149 cm³/mol. The van der Waals surface area contributed by atoms with Gasteiger partial charge in [0.25, 0.3) is 0 Å². The van der Waals surface area contributed by atoms with E-state index in [0.29, 0.717) is 48.8 Å². The zero-order chi connectivity index (χ0) is 27.2. The van der Waals surface area contributed by atoms with Crippen LogP contribution < -0.4 is 9.47 Å². The molecule has 7 nitrogen and oxygen atoms in total. The number of aliphatic imine (C=N–C) groups is 1. The maximum atomic E-state index is 13.8. The van der Waals surface area contributed by atoms with E-state index in [4.69, 9.17) is 23.9 Å². The summed E-state index contributed by atoms with van der Waals surface area (Å²) in [6.45, 7) is 4.80. The van der Waals surface area contributed by atoms with E-state index in [9.17, 15) is 9.59 Å². The molecule has 0 spiro atoms. The minimum absolute atomic E-state index is 0.00773. The monoisotopic (exact) mass is 537 g/mol. The Hall–Kier alpha value is -3.10. The summed E-state index contributed by atoms with van der Waals surface area (Å²) >= 11 is 1.65. The van der Waals surface area contributed by atoms with Gasteiger partial charge in [-0.2, -0.15) is 0 Å². The van der Waals surface area contributed by atoms with Gasteiger partial charge in [0.1, 0.15) is 12.5 Å². The maximum absolute atomic E-state index is 13.8. The van der Waals surface area contributed by atoms with Crippen molar-refractivity contribution in [1.82, 2.24) is 0 Å². The van der Waals surface area contributed by atoms with Gasteiger partial charge < -0.3 is 18.9 Å². The van der Waals surface area contributed by atoms with Crippen molar-refractivity contribution in [3.8, 4) is 11.5 Å². The van der Waals surface area contributed by atoms with Crippen molar-refractivity contribution in [3.05, 3.63) is 64.9 Å². The molecule has 2 aromatic carbocycles. The lowest BCUT2D eigenvalue weighted by atomic mass is 9.69. The Morgan fingerprint density at radius 1 is 1.00 bits per heavy atom. The normalized spacial score (nSPS) is 21.0. The third-order valence-electron chi connectivity index (χ3n) is 7.17. The second-order valence-electron chi connectivity index (χ2n) is 9.35. The summed E-state index contributed by atoms with van der Waals surface area (Å²) in [6.07, 6.45) is 2.94. The van der Waals surface area contributed by atoms with Crippen molar-refractivity contribution in [3.63, 3.8) is 0 Å². The highest BCUT2D eigenvalue weighted by atomic mass is 32.2. The number of hydrogen-bond acceptors (Lipinski definition) is 8. The van der Waals surface area contributed by atoms with Gasteiger partial charge in [-0.3, -0.25) is 14.6 Å². The molecule has 0 saturated heterocycles. The van der Waals surface area contributed by atoms with Crippen LogP contribution in [0.4, 0.5) is 0 Å². The first-order valence-corrected chi connectivity index (χ1v) is 14.1. The average molecular weight is 538 g/mol. The molecular formula is C30H35NO6S. The Morgan fingerprint density at radius 3 is 2.37 bits per heavy atom. The Labute approximate surface area is 228 Å². The van der Waals surface area contributed by atoms with Gasteiger partial charge in [-0.05, 0) is 67.8 Å². The highest BCUT2D eigenvalue weighted by Gasteiger charge is 2.44. The van der Waals surface area contributed by atoms with Crippen LogP contribution in [0.5, 0.6) is 11.5 Å². The van der Waals surface area contributed by atoms with E-state index in [1.807, 2.05) is 62.6 Å². The first-order chi connectivity index (χ1) is 18.4. The summed E-state index contributed by atoms with van der Waals surface area (Å²) < 4.78 is 21.8. The minimum Gasteiger partial charge on any atom is -0.493 e. The first kappa shape index (κ1) is 27.9. The molecule has 0 amide bonds. The molecule has 0 radical (unpaired) electrons. The molecule has 0 saturated carbocycles. The van der Waals surface area contributed by atoms with Crippen molar-refractivity contribution in [2.75, 3.05) is 40.3 Å². The number of ketones is 1. The third-order valence-corrected chi connectivity index (χ3v) is 7.92. The van der Waals surface area contributed by atoms with Crippen molar-refractivity contribution in [1.29, 1.82) is 0 Å². The zero-order valence-electron chi connectivity index (χ0n) is 22.6. The molecule has 0 bridgehead atoms. The number of benzene rings is 2. The third kappa shape index (κ3) is 5.81. The molecule has 1 aliphatic heterocycles. The number of methoxy groups -OCH3 is 2. The maximum Gasteiger partial charge on any atom is 0.315 e. The van der Waals surface area contributed by atoms with Crippen molar-refractivity contribution in [2.24, 2.45) is 10.9 Å². The number of Topliss-reactive ketones (excluding diaryl/α,β-unsaturated/α-hetero) is 1. The average Bonchev–Trinajstić information content (AvgIpc) is 2.94. The van der Waals surface area contributed by atoms with E-state index in [0.717, 1.165) is 21.7 Å². The van der Waals surface area contributed by atoms with Gasteiger partial charge in [-0.25, -0.2) is 0 Å². The summed E-state index contributed by atoms with van der Waals surface area (Å²) in [4.78, 5) is 33.1. The summed E-state index contributed by atoms with van der Waals surface area (Å²) in [5.74, 6) is -0.271. The number of rotatable bonds is 10. The molecule has 4 rings (SSSR count). The second kappa shape index (κ2) is 12.6. The lowest BCUT2D eigenvalue weighted by Crippen LogP contribution is -2.38. The van der Waals surface area contributed by atoms with Crippen molar-refractivity contribution >= 4 is 29.2 Å². The van der Waals surface area contributed by atoms with Crippen LogP contribution in [0, 0.1) is 5.92 Å². The van der Waals surface area contributed by atoms with Crippen LogP contribution in [0.2, 0.25) is 0 Å². The number of allylic oxidation sites excluding steroid dienone is 2. The number of carbonyl (C=O) groups excluding carboxylic acids is 2. The predicted octanol–water partition coefficient (Wildman–Crippen LogP) is 5.58. The van der Waals surface area contributed by atoms with E-state index in [2.05, 4.69) is 0 Å². The van der Waals surface area contributed by atoms with Crippen LogP contribution in [0.3, 0.4) is 0 Å². The standard InChI is InChI=1S/C30H35NO6S/c1-6-36-13-14-37-30(33)27-18(2)31-23-15-21(20-9-12-25(34-3)26(17-20)35-4)16-24(32)29(23)28(27)19-7-10-22(38-5)11-8-19/h7-12,17,21,27-28H,6,13-16H2,1-5H3/t21-,27?,28-/m1/s1. The fourth-order valence-electron chi connectivity index (χ4n) is 5.31. The lowest BCUT2D eigenvalue weighted by Gasteiger charge is -2.36. The molecule has 202 valence electrons. The quantitative estimate of drug-likeness (QED) is 0.222. The van der Waals surface area contributed by atoms with E-state index in [1.54, 1.807) is 26.0 Å². The van der Waals surface area contributed by atoms with E-state index in [1.165, 1.54) is 0 Å². The molecule has 1 aliphatic carbocycles. The number of nitrogens with zero attached hydrogens (tertiary/aromatic N) is 1. The van der Waals surface area contributed by atoms with Gasteiger partial charge in [0, 0.05) is 40.8 Å². The van der Waals surface area contributed by atoms with E-state index in [-0.39, 0.29) is 24.3 Å².